The van der Waals surface area contributed by atoms with Crippen molar-refractivity contribution in [3.63, 3.8) is 0 Å². The number of fused-ring (bicyclic) bond motifs is 7. The maximum Gasteiger partial charge on any atom is 0.416 e. The second-order valence-electron chi connectivity index (χ2n) is 16.5. The third-order valence-corrected chi connectivity index (χ3v) is 12.8. The molecule has 0 spiro atoms. The highest BCUT2D eigenvalue weighted by molar-refractivity contribution is 7.00. The highest BCUT2D eigenvalue weighted by atomic mass is 19.4. The zero-order valence-corrected chi connectivity index (χ0v) is 34.2. The SMILES string of the molecule is Cc1cc(-c2ccccc2-n2c3ccccc3c3cc(-c4cc5c6c(c4)N(c4ccccc4)c4ccccc4B6c4ccccc4N5c4ccccc4)ccc32)cc(C(F)(F)F)c1. The molecule has 0 aliphatic carbocycles. The van der Waals surface area contributed by atoms with Crippen LogP contribution >= 0.6 is 0 Å². The molecule has 1 aromatic heterocycles. The van der Waals surface area contributed by atoms with Crippen molar-refractivity contribution in [2.75, 3.05) is 9.80 Å². The van der Waals surface area contributed by atoms with Gasteiger partial charge in [-0.1, -0.05) is 121 Å². The summed E-state index contributed by atoms with van der Waals surface area (Å²) < 4.78 is 44.6. The number of nitrogens with zero attached hydrogens (tertiary/aromatic N) is 3. The van der Waals surface area contributed by atoms with Crippen molar-refractivity contribution in [3.8, 4) is 27.9 Å². The molecule has 0 fully saturated rings. The molecule has 300 valence electrons. The number of alkyl halides is 3. The molecule has 2 aliphatic rings. The van der Waals surface area contributed by atoms with Gasteiger partial charge in [-0.05, 0) is 130 Å². The molecule has 2 aliphatic heterocycles. The van der Waals surface area contributed by atoms with Crippen LogP contribution in [0.3, 0.4) is 0 Å². The van der Waals surface area contributed by atoms with E-state index in [0.29, 0.717) is 11.1 Å². The molecule has 3 nitrogen and oxygen atoms in total. The third kappa shape index (κ3) is 5.84. The second-order valence-corrected chi connectivity index (χ2v) is 16.5. The molecular weight excluding hydrogens is 782 g/mol. The molecule has 0 saturated carbocycles. The Bertz CT molecular complexity index is 3320. The molecule has 0 bridgehead atoms. The molecule has 0 amide bonds. The summed E-state index contributed by atoms with van der Waals surface area (Å²) in [4.78, 5) is 4.84. The van der Waals surface area contributed by atoms with E-state index in [1.807, 2.05) is 42.5 Å². The molecule has 9 aromatic carbocycles. The summed E-state index contributed by atoms with van der Waals surface area (Å²) in [6.07, 6.45) is -4.46. The topological polar surface area (TPSA) is 11.4 Å². The predicted octanol–water partition coefficient (Wildman–Crippen LogP) is 13.5. The molecule has 0 saturated heterocycles. The lowest BCUT2D eigenvalue weighted by molar-refractivity contribution is -0.137. The Hall–Kier alpha value is -7.77. The van der Waals surface area contributed by atoms with Crippen molar-refractivity contribution >= 4 is 79.0 Å². The lowest BCUT2D eigenvalue weighted by Gasteiger charge is -2.44. The number of anilines is 6. The number of rotatable bonds is 5. The highest BCUT2D eigenvalue weighted by Crippen LogP contribution is 2.47. The number of para-hydroxylation sites is 6. The molecule has 0 radical (unpaired) electrons. The minimum atomic E-state index is -4.46. The Balaban J connectivity index is 1.11. The Morgan fingerprint density at radius 2 is 0.952 bits per heavy atom. The summed E-state index contributed by atoms with van der Waals surface area (Å²) in [6.45, 7) is 1.73. The van der Waals surface area contributed by atoms with Crippen molar-refractivity contribution in [2.24, 2.45) is 0 Å². The predicted molar refractivity (Wildman–Crippen MR) is 255 cm³/mol. The molecular formula is C56H37BF3N3. The summed E-state index contributed by atoms with van der Waals surface area (Å²) in [5, 5.41) is 2.11. The van der Waals surface area contributed by atoms with E-state index in [9.17, 15) is 13.2 Å². The molecule has 10 aromatic rings. The normalized spacial score (nSPS) is 13.0. The van der Waals surface area contributed by atoms with Gasteiger partial charge in [0.25, 0.3) is 6.71 Å². The molecule has 3 heterocycles. The van der Waals surface area contributed by atoms with Crippen LogP contribution in [0.5, 0.6) is 0 Å². The fraction of sp³-hybridized carbons (Fsp3) is 0.0357. The van der Waals surface area contributed by atoms with E-state index in [2.05, 4.69) is 166 Å². The monoisotopic (exact) mass is 819 g/mol. The Morgan fingerprint density at radius 1 is 0.413 bits per heavy atom. The van der Waals surface area contributed by atoms with Gasteiger partial charge < -0.3 is 14.4 Å². The Morgan fingerprint density at radius 3 is 1.59 bits per heavy atom. The van der Waals surface area contributed by atoms with Crippen LogP contribution in [-0.2, 0) is 6.18 Å². The van der Waals surface area contributed by atoms with Gasteiger partial charge in [0, 0.05) is 50.5 Å². The maximum atomic E-state index is 14.1. The first-order valence-corrected chi connectivity index (χ1v) is 21.2. The third-order valence-electron chi connectivity index (χ3n) is 12.8. The highest BCUT2D eigenvalue weighted by Gasteiger charge is 2.43. The Kier molecular flexibility index (Phi) is 8.32. The van der Waals surface area contributed by atoms with Gasteiger partial charge in [-0.15, -0.1) is 0 Å². The first-order chi connectivity index (χ1) is 30.8. The van der Waals surface area contributed by atoms with Crippen LogP contribution in [0.4, 0.5) is 47.3 Å². The minimum absolute atomic E-state index is 0.0116. The van der Waals surface area contributed by atoms with Gasteiger partial charge in [0.2, 0.25) is 0 Å². The fourth-order valence-corrected chi connectivity index (χ4v) is 10.2. The molecule has 0 unspecified atom stereocenters. The van der Waals surface area contributed by atoms with Gasteiger partial charge in [-0.3, -0.25) is 0 Å². The number of aromatic nitrogens is 1. The lowest BCUT2D eigenvalue weighted by Crippen LogP contribution is -2.61. The second kappa shape index (κ2) is 14.1. The quantitative estimate of drug-likeness (QED) is 0.160. The standard InChI is InChI=1S/C56H37BF3N3/c1-36-30-39(32-40(31-36)56(58,59)60)43-20-8-12-24-48(43)63-49-25-13-9-21-44(49)45-33-37(28-29-50(45)63)38-34-53-55-54(35-38)62(42-18-6-3-7-19-42)52-27-15-11-23-47(52)57(55)46-22-10-14-26-51(46)61(53)41-16-4-2-5-17-41/h2-35H,1H3. The van der Waals surface area contributed by atoms with Gasteiger partial charge in [0.15, 0.2) is 0 Å². The van der Waals surface area contributed by atoms with Gasteiger partial charge in [-0.25, -0.2) is 0 Å². The molecule has 63 heavy (non-hydrogen) atoms. The van der Waals surface area contributed by atoms with Crippen molar-refractivity contribution in [1.82, 2.24) is 4.57 Å². The number of benzene rings is 9. The molecule has 7 heteroatoms. The molecule has 0 atom stereocenters. The van der Waals surface area contributed by atoms with Gasteiger partial charge >= 0.3 is 6.18 Å². The first-order valence-electron chi connectivity index (χ1n) is 21.2. The smallest absolute Gasteiger partial charge is 0.311 e. The number of halogens is 3. The van der Waals surface area contributed by atoms with Crippen LogP contribution in [0.2, 0.25) is 0 Å². The Labute approximate surface area is 363 Å². The molecule has 0 N–H and O–H groups in total. The van der Waals surface area contributed by atoms with E-state index in [-0.39, 0.29) is 6.71 Å². The maximum absolute atomic E-state index is 14.1. The van der Waals surface area contributed by atoms with Gasteiger partial charge in [0.1, 0.15) is 0 Å². The average Bonchev–Trinajstić information content (AvgIpc) is 3.65. The van der Waals surface area contributed by atoms with Crippen LogP contribution in [-0.4, -0.2) is 11.3 Å². The van der Waals surface area contributed by atoms with E-state index < -0.39 is 11.7 Å². The number of aryl methyl sites for hydroxylation is 1. The zero-order chi connectivity index (χ0) is 42.4. The van der Waals surface area contributed by atoms with Crippen molar-refractivity contribution < 1.29 is 13.2 Å². The van der Waals surface area contributed by atoms with Crippen molar-refractivity contribution in [1.29, 1.82) is 0 Å². The lowest BCUT2D eigenvalue weighted by atomic mass is 9.33. The zero-order valence-electron chi connectivity index (χ0n) is 34.2. The average molecular weight is 820 g/mol. The van der Waals surface area contributed by atoms with Crippen LogP contribution in [0, 0.1) is 6.92 Å². The summed E-state index contributed by atoms with van der Waals surface area (Å²) in [5.41, 5.74) is 16.5. The van der Waals surface area contributed by atoms with E-state index in [1.165, 1.54) is 28.5 Å². The van der Waals surface area contributed by atoms with Crippen molar-refractivity contribution in [3.05, 3.63) is 217 Å². The van der Waals surface area contributed by atoms with E-state index in [4.69, 9.17) is 0 Å². The van der Waals surface area contributed by atoms with Gasteiger partial charge in [-0.2, -0.15) is 13.2 Å². The van der Waals surface area contributed by atoms with E-state index in [0.717, 1.165) is 78.3 Å². The number of hydrogen-bond acceptors (Lipinski definition) is 2. The fourth-order valence-electron chi connectivity index (χ4n) is 10.2. The van der Waals surface area contributed by atoms with Crippen LogP contribution in [0.15, 0.2) is 206 Å². The number of hydrogen-bond donors (Lipinski definition) is 0. The first kappa shape index (κ1) is 37.0. The summed E-state index contributed by atoms with van der Waals surface area (Å²) in [7, 11) is 0. The van der Waals surface area contributed by atoms with E-state index in [1.54, 1.807) is 6.92 Å². The largest absolute Gasteiger partial charge is 0.416 e. The summed E-state index contributed by atoms with van der Waals surface area (Å²) in [6, 6.07) is 70.6. The van der Waals surface area contributed by atoms with Crippen LogP contribution in [0.25, 0.3) is 49.7 Å². The van der Waals surface area contributed by atoms with Crippen LogP contribution < -0.4 is 26.2 Å². The molecule has 12 rings (SSSR count). The summed E-state index contributed by atoms with van der Waals surface area (Å²) in [5.74, 6) is 0. The van der Waals surface area contributed by atoms with E-state index >= 15 is 0 Å². The summed E-state index contributed by atoms with van der Waals surface area (Å²) >= 11 is 0. The van der Waals surface area contributed by atoms with Gasteiger partial charge in [0.05, 0.1) is 22.3 Å². The van der Waals surface area contributed by atoms with Crippen molar-refractivity contribution in [2.45, 2.75) is 13.1 Å². The van der Waals surface area contributed by atoms with Crippen LogP contribution in [0.1, 0.15) is 11.1 Å². The minimum Gasteiger partial charge on any atom is -0.311 e.